The van der Waals surface area contributed by atoms with Crippen molar-refractivity contribution in [2.24, 2.45) is 0 Å². The minimum Gasteiger partial charge on any atom is -0.497 e. The minimum atomic E-state index is -3.14. The molecule has 1 N–H and O–H groups in total. The summed E-state index contributed by atoms with van der Waals surface area (Å²) in [4.78, 5) is 0. The number of hydrogen-bond acceptors (Lipinski definition) is 4. The summed E-state index contributed by atoms with van der Waals surface area (Å²) >= 11 is 0. The largest absolute Gasteiger partial charge is 0.497 e. The Labute approximate surface area is 127 Å². The average Bonchev–Trinajstić information content (AvgIpc) is 2.51. The fourth-order valence-electron chi connectivity index (χ4n) is 3.11. The highest BCUT2D eigenvalue weighted by atomic mass is 32.2. The summed E-state index contributed by atoms with van der Waals surface area (Å²) in [6, 6.07) is 5.79. The summed E-state index contributed by atoms with van der Waals surface area (Å²) < 4.78 is 30.8. The summed E-state index contributed by atoms with van der Waals surface area (Å²) in [6.07, 6.45) is 2.13. The first-order valence-electron chi connectivity index (χ1n) is 7.52. The molecule has 0 aromatic heterocycles. The van der Waals surface area contributed by atoms with Gasteiger partial charge in [0.1, 0.15) is 5.75 Å². The Bertz CT molecular complexity index is 598. The third-order valence-electron chi connectivity index (χ3n) is 4.63. The standard InChI is InChI=1S/C16H25NO3S/c1-5-11(2)21(18,19)15-9-7-12-6-8-13(20-4)10-14(12)16(15)17-3/h6,8,10-11,15-17H,5,7,9H2,1-4H3. The van der Waals surface area contributed by atoms with Crippen molar-refractivity contribution < 1.29 is 13.2 Å². The van der Waals surface area contributed by atoms with Crippen LogP contribution in [-0.2, 0) is 16.3 Å². The highest BCUT2D eigenvalue weighted by Gasteiger charge is 2.39. The first-order chi connectivity index (χ1) is 9.95. The van der Waals surface area contributed by atoms with Crippen molar-refractivity contribution in [3.8, 4) is 5.75 Å². The van der Waals surface area contributed by atoms with Crippen molar-refractivity contribution in [1.82, 2.24) is 5.32 Å². The lowest BCUT2D eigenvalue weighted by molar-refractivity contribution is 0.410. The smallest absolute Gasteiger partial charge is 0.157 e. The fourth-order valence-corrected chi connectivity index (χ4v) is 5.28. The number of methoxy groups -OCH3 is 1. The molecule has 0 radical (unpaired) electrons. The zero-order chi connectivity index (χ0) is 15.6. The molecular formula is C16H25NO3S. The second-order valence-electron chi connectivity index (χ2n) is 5.72. The van der Waals surface area contributed by atoms with Gasteiger partial charge in [0.25, 0.3) is 0 Å². The molecular weight excluding hydrogens is 286 g/mol. The van der Waals surface area contributed by atoms with Gasteiger partial charge in [0.15, 0.2) is 9.84 Å². The van der Waals surface area contributed by atoms with E-state index in [0.29, 0.717) is 12.8 Å². The molecule has 0 heterocycles. The van der Waals surface area contributed by atoms with Crippen LogP contribution in [0.15, 0.2) is 18.2 Å². The Balaban J connectivity index is 2.44. The number of fused-ring (bicyclic) bond motifs is 1. The van der Waals surface area contributed by atoms with Gasteiger partial charge in [-0.05, 0) is 56.5 Å². The monoisotopic (exact) mass is 311 g/mol. The first-order valence-corrected chi connectivity index (χ1v) is 9.13. The van der Waals surface area contributed by atoms with Crippen molar-refractivity contribution in [3.63, 3.8) is 0 Å². The van der Waals surface area contributed by atoms with Crippen LogP contribution < -0.4 is 10.1 Å². The molecule has 118 valence electrons. The summed E-state index contributed by atoms with van der Waals surface area (Å²) in [6.45, 7) is 3.74. The number of ether oxygens (including phenoxy) is 1. The number of aryl methyl sites for hydroxylation is 1. The van der Waals surface area contributed by atoms with Gasteiger partial charge in [-0.2, -0.15) is 0 Å². The number of benzene rings is 1. The summed E-state index contributed by atoms with van der Waals surface area (Å²) in [5.41, 5.74) is 2.27. The third-order valence-corrected chi connectivity index (χ3v) is 7.43. The molecule has 21 heavy (non-hydrogen) atoms. The summed E-state index contributed by atoms with van der Waals surface area (Å²) in [5, 5.41) is 2.55. The molecule has 0 spiro atoms. The SMILES string of the molecule is CCC(C)S(=O)(=O)C1CCc2ccc(OC)cc2C1NC. The van der Waals surface area contributed by atoms with Gasteiger partial charge in [0, 0.05) is 6.04 Å². The van der Waals surface area contributed by atoms with Crippen molar-refractivity contribution in [2.45, 2.75) is 49.7 Å². The lowest BCUT2D eigenvalue weighted by Crippen LogP contribution is -2.42. The maximum absolute atomic E-state index is 12.8. The number of nitrogens with one attached hydrogen (secondary N) is 1. The Hall–Kier alpha value is -1.07. The maximum Gasteiger partial charge on any atom is 0.157 e. The molecule has 0 aliphatic heterocycles. The van der Waals surface area contributed by atoms with E-state index in [-0.39, 0.29) is 16.5 Å². The third kappa shape index (κ3) is 2.94. The van der Waals surface area contributed by atoms with Crippen LogP contribution in [-0.4, -0.2) is 33.1 Å². The normalized spacial score (nSPS) is 23.4. The fraction of sp³-hybridized carbons (Fsp3) is 0.625. The van der Waals surface area contributed by atoms with Gasteiger partial charge in [-0.1, -0.05) is 13.0 Å². The molecule has 0 saturated heterocycles. The van der Waals surface area contributed by atoms with Crippen LogP contribution in [0.4, 0.5) is 0 Å². The zero-order valence-corrected chi connectivity index (χ0v) is 14.0. The molecule has 3 atom stereocenters. The van der Waals surface area contributed by atoms with Gasteiger partial charge >= 0.3 is 0 Å². The number of rotatable bonds is 5. The summed E-state index contributed by atoms with van der Waals surface area (Å²) in [5.74, 6) is 0.774. The topological polar surface area (TPSA) is 55.4 Å². The zero-order valence-electron chi connectivity index (χ0n) is 13.2. The van der Waals surface area contributed by atoms with Crippen LogP contribution in [0.25, 0.3) is 0 Å². The van der Waals surface area contributed by atoms with Gasteiger partial charge in [0.2, 0.25) is 0 Å². The minimum absolute atomic E-state index is 0.164. The van der Waals surface area contributed by atoms with E-state index >= 15 is 0 Å². The van der Waals surface area contributed by atoms with E-state index < -0.39 is 9.84 Å². The van der Waals surface area contributed by atoms with Gasteiger partial charge in [-0.25, -0.2) is 8.42 Å². The molecule has 0 saturated carbocycles. The second kappa shape index (κ2) is 6.36. The number of sulfone groups is 1. The quantitative estimate of drug-likeness (QED) is 0.907. The molecule has 2 rings (SSSR count). The van der Waals surface area contributed by atoms with Crippen LogP contribution in [0.2, 0.25) is 0 Å². The highest BCUT2D eigenvalue weighted by Crippen LogP contribution is 2.37. The van der Waals surface area contributed by atoms with Crippen LogP contribution in [0.5, 0.6) is 5.75 Å². The van der Waals surface area contributed by atoms with Gasteiger partial charge in [0.05, 0.1) is 17.6 Å². The van der Waals surface area contributed by atoms with Crippen LogP contribution >= 0.6 is 0 Å². The molecule has 0 amide bonds. The van der Waals surface area contributed by atoms with E-state index in [4.69, 9.17) is 4.74 Å². The summed E-state index contributed by atoms with van der Waals surface area (Å²) in [7, 11) is 0.324. The molecule has 1 aromatic rings. The Kier molecular flexibility index (Phi) is 4.94. The van der Waals surface area contributed by atoms with E-state index in [9.17, 15) is 8.42 Å². The predicted molar refractivity (Wildman–Crippen MR) is 85.6 cm³/mol. The van der Waals surface area contributed by atoms with E-state index in [0.717, 1.165) is 17.7 Å². The van der Waals surface area contributed by atoms with E-state index in [2.05, 4.69) is 5.32 Å². The molecule has 5 heteroatoms. The molecule has 1 aliphatic rings. The Morgan fingerprint density at radius 2 is 2.14 bits per heavy atom. The Morgan fingerprint density at radius 3 is 2.71 bits per heavy atom. The van der Waals surface area contributed by atoms with Crippen LogP contribution in [0, 0.1) is 0 Å². The lowest BCUT2D eigenvalue weighted by atomic mass is 9.87. The van der Waals surface area contributed by atoms with Crippen molar-refractivity contribution in [1.29, 1.82) is 0 Å². The number of hydrogen-bond donors (Lipinski definition) is 1. The second-order valence-corrected chi connectivity index (χ2v) is 8.30. The molecule has 0 bridgehead atoms. The first kappa shape index (κ1) is 16.3. The van der Waals surface area contributed by atoms with Crippen molar-refractivity contribution in [2.75, 3.05) is 14.2 Å². The molecule has 0 fully saturated rings. The lowest BCUT2D eigenvalue weighted by Gasteiger charge is -2.34. The highest BCUT2D eigenvalue weighted by molar-refractivity contribution is 7.92. The molecule has 4 nitrogen and oxygen atoms in total. The molecule has 1 aromatic carbocycles. The van der Waals surface area contributed by atoms with E-state index in [1.165, 1.54) is 5.56 Å². The maximum atomic E-state index is 12.8. The van der Waals surface area contributed by atoms with Crippen LogP contribution in [0.3, 0.4) is 0 Å². The van der Waals surface area contributed by atoms with Crippen LogP contribution in [0.1, 0.15) is 43.9 Å². The van der Waals surface area contributed by atoms with Gasteiger partial charge in [-0.15, -0.1) is 0 Å². The van der Waals surface area contributed by atoms with E-state index in [1.807, 2.05) is 39.1 Å². The molecule has 3 unspecified atom stereocenters. The van der Waals surface area contributed by atoms with Gasteiger partial charge in [-0.3, -0.25) is 0 Å². The predicted octanol–water partition coefficient (Wildman–Crippen LogP) is 2.48. The van der Waals surface area contributed by atoms with Crippen molar-refractivity contribution in [3.05, 3.63) is 29.3 Å². The average molecular weight is 311 g/mol. The van der Waals surface area contributed by atoms with Gasteiger partial charge < -0.3 is 10.1 Å². The van der Waals surface area contributed by atoms with Crippen molar-refractivity contribution >= 4 is 9.84 Å². The Morgan fingerprint density at radius 1 is 1.43 bits per heavy atom. The molecule has 1 aliphatic carbocycles. The van der Waals surface area contributed by atoms with E-state index in [1.54, 1.807) is 7.11 Å².